The zero-order valence-electron chi connectivity index (χ0n) is 10.1. The highest BCUT2D eigenvalue weighted by atomic mass is 32.1. The Morgan fingerprint density at radius 1 is 1.67 bits per heavy atom. The van der Waals surface area contributed by atoms with E-state index in [0.29, 0.717) is 17.3 Å². The van der Waals surface area contributed by atoms with Gasteiger partial charge >= 0.3 is 0 Å². The van der Waals surface area contributed by atoms with E-state index < -0.39 is 0 Å². The first kappa shape index (κ1) is 12.7. The maximum Gasteiger partial charge on any atom is 0.231 e. The van der Waals surface area contributed by atoms with Gasteiger partial charge in [-0.3, -0.25) is 4.79 Å². The summed E-state index contributed by atoms with van der Waals surface area (Å²) in [5.41, 5.74) is 6.42. The van der Waals surface area contributed by atoms with Gasteiger partial charge < -0.3 is 15.6 Å². The lowest BCUT2D eigenvalue weighted by Gasteiger charge is -1.99. The number of nitrogens with two attached hydrogens (primary N) is 1. The average molecular weight is 266 g/mol. The van der Waals surface area contributed by atoms with Crippen LogP contribution in [0.3, 0.4) is 0 Å². The molecule has 2 aromatic rings. The quantitative estimate of drug-likeness (QED) is 0.877. The topological polar surface area (TPSA) is 94.0 Å². The van der Waals surface area contributed by atoms with Gasteiger partial charge in [0.25, 0.3) is 0 Å². The van der Waals surface area contributed by atoms with Crippen LogP contribution in [0.4, 0.5) is 5.82 Å². The molecule has 1 atom stereocenters. The van der Waals surface area contributed by atoms with E-state index in [1.807, 2.05) is 12.3 Å². The van der Waals surface area contributed by atoms with Gasteiger partial charge in [0.05, 0.1) is 18.2 Å². The molecule has 0 spiro atoms. The molecule has 2 rings (SSSR count). The van der Waals surface area contributed by atoms with Crippen LogP contribution >= 0.6 is 11.3 Å². The molecule has 1 amide bonds. The van der Waals surface area contributed by atoms with Crippen molar-refractivity contribution in [3.63, 3.8) is 0 Å². The Labute approximate surface area is 108 Å². The number of carbonyl (C=O) groups is 1. The van der Waals surface area contributed by atoms with Gasteiger partial charge in [-0.25, -0.2) is 4.98 Å². The second kappa shape index (κ2) is 5.28. The number of rotatable bonds is 4. The molecule has 7 heteroatoms. The summed E-state index contributed by atoms with van der Waals surface area (Å²) in [4.78, 5) is 16.0. The molecule has 0 bridgehead atoms. The maximum absolute atomic E-state index is 11.7. The summed E-state index contributed by atoms with van der Waals surface area (Å²) < 4.78 is 4.86. The zero-order valence-corrected chi connectivity index (χ0v) is 11.0. The molecule has 0 saturated heterocycles. The third-order valence-electron chi connectivity index (χ3n) is 2.20. The predicted molar refractivity (Wildman–Crippen MR) is 68.3 cm³/mol. The van der Waals surface area contributed by atoms with Crippen LogP contribution in [-0.4, -0.2) is 16.0 Å². The first-order valence-corrected chi connectivity index (χ1v) is 6.35. The number of nitrogens with one attached hydrogen (secondary N) is 1. The van der Waals surface area contributed by atoms with E-state index in [9.17, 15) is 4.79 Å². The number of hydrogen-bond donors (Lipinski definition) is 2. The molecule has 0 aromatic carbocycles. The van der Waals surface area contributed by atoms with Crippen molar-refractivity contribution in [1.82, 2.24) is 10.1 Å². The minimum absolute atomic E-state index is 0.106. The molecule has 1 unspecified atom stereocenters. The third-order valence-corrected chi connectivity index (χ3v) is 3.29. The molecule has 2 heterocycles. The summed E-state index contributed by atoms with van der Waals surface area (Å²) in [5.74, 6) is 0.892. The standard InChI is InChI=1S/C11H14N4O2S/c1-6-3-9(15-17-6)14-10(16)4-8-5-18-11(13-8)7(2)12/h3,5,7H,4,12H2,1-2H3,(H,14,15,16). The highest BCUT2D eigenvalue weighted by molar-refractivity contribution is 7.09. The summed E-state index contributed by atoms with van der Waals surface area (Å²) in [6.07, 6.45) is 0.203. The average Bonchev–Trinajstić information content (AvgIpc) is 2.88. The van der Waals surface area contributed by atoms with Crippen molar-refractivity contribution in [3.05, 3.63) is 27.9 Å². The van der Waals surface area contributed by atoms with Crippen LogP contribution in [0.5, 0.6) is 0 Å². The largest absolute Gasteiger partial charge is 0.360 e. The van der Waals surface area contributed by atoms with E-state index in [2.05, 4.69) is 15.5 Å². The van der Waals surface area contributed by atoms with Crippen LogP contribution in [0.15, 0.2) is 16.0 Å². The highest BCUT2D eigenvalue weighted by Gasteiger charge is 2.11. The number of amides is 1. The Bertz CT molecular complexity index is 547. The third kappa shape index (κ3) is 3.14. The van der Waals surface area contributed by atoms with Crippen LogP contribution in [0, 0.1) is 6.92 Å². The molecular weight excluding hydrogens is 252 g/mol. The van der Waals surface area contributed by atoms with Gasteiger partial charge in [-0.05, 0) is 13.8 Å². The zero-order chi connectivity index (χ0) is 13.1. The fourth-order valence-electron chi connectivity index (χ4n) is 1.39. The summed E-state index contributed by atoms with van der Waals surface area (Å²) in [7, 11) is 0. The van der Waals surface area contributed by atoms with E-state index in [-0.39, 0.29) is 18.4 Å². The summed E-state index contributed by atoms with van der Waals surface area (Å²) in [6.45, 7) is 3.62. The van der Waals surface area contributed by atoms with Gasteiger partial charge in [0, 0.05) is 11.4 Å². The van der Waals surface area contributed by atoms with Gasteiger partial charge in [-0.1, -0.05) is 5.16 Å². The first-order chi connectivity index (χ1) is 8.54. The fourth-order valence-corrected chi connectivity index (χ4v) is 2.17. The van der Waals surface area contributed by atoms with Crippen LogP contribution in [-0.2, 0) is 11.2 Å². The molecule has 3 N–H and O–H groups in total. The van der Waals surface area contributed by atoms with Crippen LogP contribution in [0.2, 0.25) is 0 Å². The molecule has 0 aliphatic carbocycles. The molecular formula is C11H14N4O2S. The number of anilines is 1. The summed E-state index contributed by atoms with van der Waals surface area (Å²) in [5, 5.41) is 8.99. The number of aryl methyl sites for hydroxylation is 1. The number of hydrogen-bond acceptors (Lipinski definition) is 6. The first-order valence-electron chi connectivity index (χ1n) is 5.47. The molecule has 0 fully saturated rings. The molecule has 2 aromatic heterocycles. The summed E-state index contributed by atoms with van der Waals surface area (Å²) >= 11 is 1.46. The number of thiazole rings is 1. The van der Waals surface area contributed by atoms with Crippen LogP contribution in [0.25, 0.3) is 0 Å². The summed E-state index contributed by atoms with van der Waals surface area (Å²) in [6, 6.07) is 1.55. The number of aromatic nitrogens is 2. The molecule has 18 heavy (non-hydrogen) atoms. The van der Waals surface area contributed by atoms with Crippen molar-refractivity contribution in [1.29, 1.82) is 0 Å². The lowest BCUT2D eigenvalue weighted by molar-refractivity contribution is -0.115. The Kier molecular flexibility index (Phi) is 3.73. The van der Waals surface area contributed by atoms with Crippen molar-refractivity contribution >= 4 is 23.1 Å². The van der Waals surface area contributed by atoms with Crippen molar-refractivity contribution in [3.8, 4) is 0 Å². The molecule has 96 valence electrons. The van der Waals surface area contributed by atoms with E-state index in [4.69, 9.17) is 10.3 Å². The van der Waals surface area contributed by atoms with Gasteiger partial charge in [0.15, 0.2) is 5.82 Å². The number of carbonyl (C=O) groups excluding carboxylic acids is 1. The van der Waals surface area contributed by atoms with E-state index in [1.165, 1.54) is 11.3 Å². The van der Waals surface area contributed by atoms with Crippen molar-refractivity contribution in [2.24, 2.45) is 5.73 Å². The van der Waals surface area contributed by atoms with Crippen LogP contribution in [0.1, 0.15) is 29.4 Å². The second-order valence-electron chi connectivity index (χ2n) is 4.01. The minimum Gasteiger partial charge on any atom is -0.360 e. The smallest absolute Gasteiger partial charge is 0.231 e. The van der Waals surface area contributed by atoms with Crippen molar-refractivity contribution in [2.75, 3.05) is 5.32 Å². The Morgan fingerprint density at radius 3 is 3.00 bits per heavy atom. The number of nitrogens with zero attached hydrogens (tertiary/aromatic N) is 2. The van der Waals surface area contributed by atoms with Crippen molar-refractivity contribution < 1.29 is 9.32 Å². The lowest BCUT2D eigenvalue weighted by Crippen LogP contribution is -2.15. The van der Waals surface area contributed by atoms with Gasteiger partial charge in [0.2, 0.25) is 5.91 Å². The van der Waals surface area contributed by atoms with Gasteiger partial charge in [0.1, 0.15) is 10.8 Å². The van der Waals surface area contributed by atoms with E-state index >= 15 is 0 Å². The molecule has 0 aliphatic rings. The van der Waals surface area contributed by atoms with Crippen LogP contribution < -0.4 is 11.1 Å². The molecule has 0 aliphatic heterocycles. The lowest BCUT2D eigenvalue weighted by atomic mass is 10.3. The maximum atomic E-state index is 11.7. The Balaban J connectivity index is 1.94. The SMILES string of the molecule is Cc1cc(NC(=O)Cc2csc(C(C)N)n2)no1. The van der Waals surface area contributed by atoms with Gasteiger partial charge in [-0.15, -0.1) is 11.3 Å². The molecule has 6 nitrogen and oxygen atoms in total. The van der Waals surface area contributed by atoms with Crippen molar-refractivity contribution in [2.45, 2.75) is 26.3 Å². The predicted octanol–water partition coefficient (Wildman–Crippen LogP) is 1.64. The molecule has 0 radical (unpaired) electrons. The van der Waals surface area contributed by atoms with E-state index in [1.54, 1.807) is 13.0 Å². The normalized spacial score (nSPS) is 12.4. The fraction of sp³-hybridized carbons (Fsp3) is 0.364. The van der Waals surface area contributed by atoms with Gasteiger partial charge in [-0.2, -0.15) is 0 Å². The monoisotopic (exact) mass is 266 g/mol. The second-order valence-corrected chi connectivity index (χ2v) is 4.90. The molecule has 0 saturated carbocycles. The Morgan fingerprint density at radius 2 is 2.44 bits per heavy atom. The minimum atomic E-state index is -0.176. The highest BCUT2D eigenvalue weighted by Crippen LogP contribution is 2.16. The van der Waals surface area contributed by atoms with E-state index in [0.717, 1.165) is 5.01 Å². The Hall–Kier alpha value is -1.73.